The number of carbonyl (C=O) groups excluding carboxylic acids is 2. The quantitative estimate of drug-likeness (QED) is 0.584. The van der Waals surface area contributed by atoms with Crippen molar-refractivity contribution in [3.05, 3.63) is 0 Å². The molecular formula is C11H15BrO3. The van der Waals surface area contributed by atoms with E-state index in [2.05, 4.69) is 15.9 Å². The van der Waals surface area contributed by atoms with Gasteiger partial charge in [-0.2, -0.15) is 0 Å². The lowest BCUT2D eigenvalue weighted by Gasteiger charge is -2.15. The molecule has 4 atom stereocenters. The Morgan fingerprint density at radius 1 is 1.60 bits per heavy atom. The van der Waals surface area contributed by atoms with Gasteiger partial charge in [0.05, 0.1) is 6.61 Å². The van der Waals surface area contributed by atoms with E-state index in [4.69, 9.17) is 4.74 Å². The van der Waals surface area contributed by atoms with Crippen LogP contribution in [0.15, 0.2) is 0 Å². The van der Waals surface area contributed by atoms with Crippen molar-refractivity contribution in [2.75, 3.05) is 6.61 Å². The average Bonchev–Trinajstić information content (AvgIpc) is 2.67. The molecule has 0 spiro atoms. The van der Waals surface area contributed by atoms with Crippen LogP contribution in [0.4, 0.5) is 0 Å². The SMILES string of the molecule is CCC(=O)OCC1C2CC(Br)C1CC2=O. The smallest absolute Gasteiger partial charge is 0.305 e. The molecule has 2 fully saturated rings. The van der Waals surface area contributed by atoms with Gasteiger partial charge in [-0.05, 0) is 12.3 Å². The zero-order valence-corrected chi connectivity index (χ0v) is 10.3. The van der Waals surface area contributed by atoms with Gasteiger partial charge in [0, 0.05) is 29.5 Å². The maximum Gasteiger partial charge on any atom is 0.305 e. The number of rotatable bonds is 3. The highest BCUT2D eigenvalue weighted by Crippen LogP contribution is 2.50. The van der Waals surface area contributed by atoms with Gasteiger partial charge in [-0.1, -0.05) is 22.9 Å². The fraction of sp³-hybridized carbons (Fsp3) is 0.818. The Hall–Kier alpha value is -0.380. The van der Waals surface area contributed by atoms with Crippen molar-refractivity contribution in [2.24, 2.45) is 17.8 Å². The molecule has 0 radical (unpaired) electrons. The summed E-state index contributed by atoms with van der Waals surface area (Å²) in [5, 5.41) is 0. The fourth-order valence-electron chi connectivity index (χ4n) is 2.72. The van der Waals surface area contributed by atoms with Crippen molar-refractivity contribution >= 4 is 27.7 Å². The molecule has 0 heterocycles. The zero-order chi connectivity index (χ0) is 11.0. The van der Waals surface area contributed by atoms with E-state index in [1.54, 1.807) is 6.92 Å². The summed E-state index contributed by atoms with van der Waals surface area (Å²) in [4.78, 5) is 23.0. The van der Waals surface area contributed by atoms with E-state index < -0.39 is 0 Å². The molecule has 2 aliphatic carbocycles. The molecule has 0 aliphatic heterocycles. The third-order valence-electron chi connectivity index (χ3n) is 3.59. The second-order valence-corrected chi connectivity index (χ2v) is 5.57. The van der Waals surface area contributed by atoms with Gasteiger partial charge in [-0.25, -0.2) is 0 Å². The number of alkyl halides is 1. The minimum atomic E-state index is -0.167. The lowest BCUT2D eigenvalue weighted by atomic mass is 9.99. The van der Waals surface area contributed by atoms with Gasteiger partial charge in [-0.3, -0.25) is 9.59 Å². The van der Waals surface area contributed by atoms with E-state index in [0.29, 0.717) is 36.0 Å². The first kappa shape index (κ1) is 11.1. The van der Waals surface area contributed by atoms with Gasteiger partial charge in [0.15, 0.2) is 0 Å². The largest absolute Gasteiger partial charge is 0.465 e. The monoisotopic (exact) mass is 274 g/mol. The first-order valence-corrected chi connectivity index (χ1v) is 6.37. The van der Waals surface area contributed by atoms with Crippen molar-refractivity contribution < 1.29 is 14.3 Å². The summed E-state index contributed by atoms with van der Waals surface area (Å²) < 4.78 is 5.14. The van der Waals surface area contributed by atoms with E-state index in [-0.39, 0.29) is 17.8 Å². The van der Waals surface area contributed by atoms with Gasteiger partial charge in [0.1, 0.15) is 5.78 Å². The molecule has 0 aromatic heterocycles. The van der Waals surface area contributed by atoms with Crippen LogP contribution < -0.4 is 0 Å². The molecule has 15 heavy (non-hydrogen) atoms. The minimum Gasteiger partial charge on any atom is -0.465 e. The Morgan fingerprint density at radius 3 is 2.87 bits per heavy atom. The zero-order valence-electron chi connectivity index (χ0n) is 8.74. The molecule has 84 valence electrons. The Kier molecular flexibility index (Phi) is 3.14. The predicted octanol–water partition coefficient (Wildman–Crippen LogP) is 1.93. The van der Waals surface area contributed by atoms with Crippen LogP contribution >= 0.6 is 15.9 Å². The summed E-state index contributed by atoms with van der Waals surface area (Å²) in [6, 6.07) is 0. The van der Waals surface area contributed by atoms with Gasteiger partial charge >= 0.3 is 5.97 Å². The van der Waals surface area contributed by atoms with Crippen LogP contribution in [0, 0.1) is 17.8 Å². The Balaban J connectivity index is 1.93. The van der Waals surface area contributed by atoms with Crippen LogP contribution in [-0.2, 0) is 14.3 Å². The van der Waals surface area contributed by atoms with Gasteiger partial charge < -0.3 is 4.74 Å². The van der Waals surface area contributed by atoms with Crippen molar-refractivity contribution in [3.8, 4) is 0 Å². The number of hydrogen-bond acceptors (Lipinski definition) is 3. The van der Waals surface area contributed by atoms with Gasteiger partial charge in [0.25, 0.3) is 0 Å². The summed E-state index contributed by atoms with van der Waals surface area (Å²) in [6.07, 6.45) is 1.99. The number of Topliss-reactive ketones (excluding diaryl/α,β-unsaturated/α-hetero) is 1. The number of ketones is 1. The lowest BCUT2D eigenvalue weighted by molar-refractivity contribution is -0.145. The average molecular weight is 275 g/mol. The van der Waals surface area contributed by atoms with Crippen molar-refractivity contribution in [3.63, 3.8) is 0 Å². The van der Waals surface area contributed by atoms with E-state index >= 15 is 0 Å². The van der Waals surface area contributed by atoms with Crippen LogP contribution in [0.25, 0.3) is 0 Å². The third-order valence-corrected chi connectivity index (χ3v) is 4.64. The fourth-order valence-corrected chi connectivity index (χ4v) is 3.70. The highest BCUT2D eigenvalue weighted by atomic mass is 79.9. The summed E-state index contributed by atoms with van der Waals surface area (Å²) in [5.41, 5.74) is 0. The van der Waals surface area contributed by atoms with Crippen molar-refractivity contribution in [1.82, 2.24) is 0 Å². The number of halogens is 1. The Morgan fingerprint density at radius 2 is 2.33 bits per heavy atom. The molecule has 0 N–H and O–H groups in total. The van der Waals surface area contributed by atoms with Gasteiger partial charge in [0.2, 0.25) is 0 Å². The Labute approximate surface area is 97.7 Å². The van der Waals surface area contributed by atoms with E-state index in [9.17, 15) is 9.59 Å². The van der Waals surface area contributed by atoms with Crippen LogP contribution in [0.1, 0.15) is 26.2 Å². The van der Waals surface area contributed by atoms with Gasteiger partial charge in [-0.15, -0.1) is 0 Å². The highest BCUT2D eigenvalue weighted by Gasteiger charge is 2.52. The Bertz CT molecular complexity index is 290. The molecular weight excluding hydrogens is 260 g/mol. The highest BCUT2D eigenvalue weighted by molar-refractivity contribution is 9.09. The minimum absolute atomic E-state index is 0.129. The third kappa shape index (κ3) is 1.96. The molecule has 0 amide bonds. The maximum atomic E-state index is 11.5. The lowest BCUT2D eigenvalue weighted by Crippen LogP contribution is -2.19. The molecule has 2 bridgehead atoms. The van der Waals surface area contributed by atoms with Crippen LogP contribution in [0.3, 0.4) is 0 Å². The van der Waals surface area contributed by atoms with E-state index in [0.717, 1.165) is 6.42 Å². The molecule has 2 rings (SSSR count). The molecule has 2 aliphatic rings. The first-order chi connectivity index (χ1) is 7.13. The molecule has 3 nitrogen and oxygen atoms in total. The molecule has 4 heteroatoms. The maximum absolute atomic E-state index is 11.5. The summed E-state index contributed by atoms with van der Waals surface area (Å²) >= 11 is 3.59. The predicted molar refractivity (Wildman–Crippen MR) is 58.7 cm³/mol. The van der Waals surface area contributed by atoms with E-state index in [1.807, 2.05) is 0 Å². The second kappa shape index (κ2) is 4.24. The molecule has 0 aromatic rings. The molecule has 4 unspecified atom stereocenters. The van der Waals surface area contributed by atoms with Crippen molar-refractivity contribution in [2.45, 2.75) is 31.0 Å². The molecule has 2 saturated carbocycles. The summed E-state index contributed by atoms with van der Waals surface area (Å²) in [6.45, 7) is 2.21. The number of fused-ring (bicyclic) bond motifs is 2. The summed E-state index contributed by atoms with van der Waals surface area (Å²) in [5.74, 6) is 0.960. The number of hydrogen-bond donors (Lipinski definition) is 0. The van der Waals surface area contributed by atoms with Crippen molar-refractivity contribution in [1.29, 1.82) is 0 Å². The first-order valence-electron chi connectivity index (χ1n) is 5.46. The van der Waals surface area contributed by atoms with Crippen LogP contribution in [0.2, 0.25) is 0 Å². The number of carbonyl (C=O) groups is 2. The van der Waals surface area contributed by atoms with E-state index in [1.165, 1.54) is 0 Å². The van der Waals surface area contributed by atoms with Crippen LogP contribution in [-0.4, -0.2) is 23.2 Å². The molecule has 0 saturated heterocycles. The molecule has 0 aromatic carbocycles. The second-order valence-electron chi connectivity index (χ2n) is 4.39. The standard InChI is InChI=1S/C11H15BrO3/c1-2-11(14)15-5-8-6-4-10(13)7(8)3-9(6)12/h6-9H,2-5H2,1H3. The number of ether oxygens (including phenoxy) is 1. The normalized spacial score (nSPS) is 38.4. The van der Waals surface area contributed by atoms with Crippen LogP contribution in [0.5, 0.6) is 0 Å². The summed E-state index contributed by atoms with van der Waals surface area (Å²) in [7, 11) is 0. The number of esters is 1. The topological polar surface area (TPSA) is 43.4 Å².